The Kier molecular flexibility index (Phi) is 5.70. The van der Waals surface area contributed by atoms with Gasteiger partial charge in [-0.3, -0.25) is 4.79 Å². The molecule has 94 valence electrons. The van der Waals surface area contributed by atoms with Crippen LogP contribution in [-0.2, 0) is 0 Å². The summed E-state index contributed by atoms with van der Waals surface area (Å²) in [6.07, 6.45) is 2.01. The van der Waals surface area contributed by atoms with Crippen LogP contribution in [0.5, 0.6) is 0 Å². The van der Waals surface area contributed by atoms with Crippen LogP contribution in [0, 0.1) is 0 Å². The normalized spacial score (nSPS) is 12.2. The highest BCUT2D eigenvalue weighted by Crippen LogP contribution is 2.11. The molecule has 1 aromatic rings. The number of rotatable bonds is 7. The van der Waals surface area contributed by atoms with Crippen LogP contribution in [0.1, 0.15) is 43.5 Å². The van der Waals surface area contributed by atoms with Crippen LogP contribution in [-0.4, -0.2) is 23.5 Å². The molecule has 0 spiro atoms. The first-order chi connectivity index (χ1) is 8.17. The number of benzene rings is 1. The van der Waals surface area contributed by atoms with Gasteiger partial charge in [0.1, 0.15) is 0 Å². The van der Waals surface area contributed by atoms with Crippen LogP contribution in [0.3, 0.4) is 0 Å². The number of carbonyl (C=O) groups is 1. The number of Topliss-reactive ketones (excluding diaryl/α,β-unsaturated/α-hetero) is 1. The third-order valence-electron chi connectivity index (χ3n) is 2.69. The standard InChI is InChI=1S/C14H21NO2/c1-3-5-13(16)10-15-12-8-6-11(7-9-12)14(17)4-2/h6-9,13,15-16H,3-5,10H2,1-2H3. The molecule has 1 atom stereocenters. The lowest BCUT2D eigenvalue weighted by Gasteiger charge is -2.11. The van der Waals surface area contributed by atoms with Crippen LogP contribution >= 0.6 is 0 Å². The van der Waals surface area contributed by atoms with Crippen molar-refractivity contribution in [2.75, 3.05) is 11.9 Å². The van der Waals surface area contributed by atoms with E-state index in [1.165, 1.54) is 0 Å². The molecule has 3 heteroatoms. The molecule has 1 rings (SSSR count). The molecule has 17 heavy (non-hydrogen) atoms. The predicted octanol–water partition coefficient (Wildman–Crippen LogP) is 2.85. The van der Waals surface area contributed by atoms with Gasteiger partial charge in [-0.1, -0.05) is 20.3 Å². The molecule has 0 radical (unpaired) electrons. The van der Waals surface area contributed by atoms with Crippen molar-refractivity contribution in [3.63, 3.8) is 0 Å². The summed E-state index contributed by atoms with van der Waals surface area (Å²) < 4.78 is 0. The minimum atomic E-state index is -0.308. The van der Waals surface area contributed by atoms with E-state index in [0.717, 1.165) is 24.1 Å². The Morgan fingerprint density at radius 3 is 2.47 bits per heavy atom. The second-order valence-corrected chi connectivity index (χ2v) is 4.18. The molecule has 0 aliphatic carbocycles. The van der Waals surface area contributed by atoms with Gasteiger partial charge in [-0.2, -0.15) is 0 Å². The number of nitrogens with one attached hydrogen (secondary N) is 1. The number of anilines is 1. The molecule has 2 N–H and O–H groups in total. The van der Waals surface area contributed by atoms with Crippen molar-refractivity contribution in [1.29, 1.82) is 0 Å². The summed E-state index contributed by atoms with van der Waals surface area (Å²) in [4.78, 5) is 11.4. The second-order valence-electron chi connectivity index (χ2n) is 4.18. The Bertz CT molecular complexity index is 346. The summed E-state index contributed by atoms with van der Waals surface area (Å²) >= 11 is 0. The van der Waals surface area contributed by atoms with Gasteiger partial charge in [-0.15, -0.1) is 0 Å². The quantitative estimate of drug-likeness (QED) is 0.714. The minimum absolute atomic E-state index is 0.155. The Hall–Kier alpha value is -1.35. The lowest BCUT2D eigenvalue weighted by molar-refractivity contribution is 0.0988. The highest BCUT2D eigenvalue weighted by molar-refractivity contribution is 5.96. The van der Waals surface area contributed by atoms with Crippen molar-refractivity contribution in [1.82, 2.24) is 0 Å². The van der Waals surface area contributed by atoms with E-state index >= 15 is 0 Å². The first kappa shape index (κ1) is 13.7. The summed E-state index contributed by atoms with van der Waals surface area (Å²) in [5.74, 6) is 0.155. The number of aliphatic hydroxyl groups excluding tert-OH is 1. The number of carbonyl (C=O) groups excluding carboxylic acids is 1. The Balaban J connectivity index is 2.48. The molecule has 0 aliphatic heterocycles. The first-order valence-electron chi connectivity index (χ1n) is 6.22. The molecular formula is C14H21NO2. The van der Waals surface area contributed by atoms with Gasteiger partial charge in [0.05, 0.1) is 6.10 Å². The molecule has 1 aromatic carbocycles. The third-order valence-corrected chi connectivity index (χ3v) is 2.69. The van der Waals surface area contributed by atoms with Crippen LogP contribution < -0.4 is 5.32 Å². The fourth-order valence-electron chi connectivity index (χ4n) is 1.65. The largest absolute Gasteiger partial charge is 0.391 e. The van der Waals surface area contributed by atoms with E-state index in [9.17, 15) is 9.90 Å². The molecule has 0 heterocycles. The molecular weight excluding hydrogens is 214 g/mol. The van der Waals surface area contributed by atoms with Crippen molar-refractivity contribution < 1.29 is 9.90 Å². The van der Waals surface area contributed by atoms with Gasteiger partial charge in [-0.05, 0) is 30.7 Å². The third kappa shape index (κ3) is 4.57. The highest BCUT2D eigenvalue weighted by atomic mass is 16.3. The zero-order valence-electron chi connectivity index (χ0n) is 10.6. The molecule has 1 unspecified atom stereocenters. The molecule has 3 nitrogen and oxygen atoms in total. The molecule has 0 aromatic heterocycles. The number of ketones is 1. The summed E-state index contributed by atoms with van der Waals surface area (Å²) in [5, 5.41) is 12.7. The molecule has 0 bridgehead atoms. The smallest absolute Gasteiger partial charge is 0.162 e. The Labute approximate surface area is 103 Å². The maximum Gasteiger partial charge on any atom is 0.162 e. The van der Waals surface area contributed by atoms with Crippen molar-refractivity contribution in [3.05, 3.63) is 29.8 Å². The topological polar surface area (TPSA) is 49.3 Å². The summed E-state index contributed by atoms with van der Waals surface area (Å²) in [6.45, 7) is 4.46. The van der Waals surface area contributed by atoms with Crippen molar-refractivity contribution in [3.8, 4) is 0 Å². The first-order valence-corrected chi connectivity index (χ1v) is 6.22. The molecule has 0 amide bonds. The second kappa shape index (κ2) is 7.07. The monoisotopic (exact) mass is 235 g/mol. The summed E-state index contributed by atoms with van der Waals surface area (Å²) in [5.41, 5.74) is 1.68. The maximum atomic E-state index is 11.4. The van der Waals surface area contributed by atoms with E-state index in [2.05, 4.69) is 5.32 Å². The zero-order valence-corrected chi connectivity index (χ0v) is 10.6. The molecule has 0 fully saturated rings. The number of hydrogen-bond donors (Lipinski definition) is 2. The fourth-order valence-corrected chi connectivity index (χ4v) is 1.65. The predicted molar refractivity (Wildman–Crippen MR) is 70.5 cm³/mol. The summed E-state index contributed by atoms with van der Waals surface area (Å²) in [7, 11) is 0. The average Bonchev–Trinajstić information content (AvgIpc) is 2.36. The van der Waals surface area contributed by atoms with Crippen LogP contribution in [0.4, 0.5) is 5.69 Å². The molecule has 0 saturated heterocycles. The van der Waals surface area contributed by atoms with Crippen LogP contribution in [0.25, 0.3) is 0 Å². The van der Waals surface area contributed by atoms with Gasteiger partial charge in [0.2, 0.25) is 0 Å². The highest BCUT2D eigenvalue weighted by Gasteiger charge is 2.04. The summed E-state index contributed by atoms with van der Waals surface area (Å²) in [6, 6.07) is 7.39. The van der Waals surface area contributed by atoms with Gasteiger partial charge in [0.25, 0.3) is 0 Å². The Morgan fingerprint density at radius 2 is 1.94 bits per heavy atom. The fraction of sp³-hybridized carbons (Fsp3) is 0.500. The van der Waals surface area contributed by atoms with Gasteiger partial charge in [0, 0.05) is 24.2 Å². The average molecular weight is 235 g/mol. The number of hydrogen-bond acceptors (Lipinski definition) is 3. The SMILES string of the molecule is CCCC(O)CNc1ccc(C(=O)CC)cc1. The van der Waals surface area contributed by atoms with Gasteiger partial charge >= 0.3 is 0 Å². The van der Waals surface area contributed by atoms with E-state index in [1.54, 1.807) is 0 Å². The number of aliphatic hydroxyl groups is 1. The van der Waals surface area contributed by atoms with Crippen molar-refractivity contribution >= 4 is 11.5 Å². The lowest BCUT2D eigenvalue weighted by Crippen LogP contribution is -2.18. The molecule has 0 aliphatic rings. The zero-order chi connectivity index (χ0) is 12.7. The van der Waals surface area contributed by atoms with E-state index in [0.29, 0.717) is 13.0 Å². The van der Waals surface area contributed by atoms with Crippen molar-refractivity contribution in [2.45, 2.75) is 39.2 Å². The lowest BCUT2D eigenvalue weighted by atomic mass is 10.1. The van der Waals surface area contributed by atoms with Gasteiger partial charge < -0.3 is 10.4 Å². The van der Waals surface area contributed by atoms with Crippen LogP contribution in [0.2, 0.25) is 0 Å². The van der Waals surface area contributed by atoms with Crippen molar-refractivity contribution in [2.24, 2.45) is 0 Å². The van der Waals surface area contributed by atoms with Gasteiger partial charge in [-0.25, -0.2) is 0 Å². The van der Waals surface area contributed by atoms with Gasteiger partial charge in [0.15, 0.2) is 5.78 Å². The van der Waals surface area contributed by atoms with E-state index < -0.39 is 0 Å². The van der Waals surface area contributed by atoms with E-state index in [4.69, 9.17) is 0 Å². The minimum Gasteiger partial charge on any atom is -0.391 e. The Morgan fingerprint density at radius 1 is 1.29 bits per heavy atom. The van der Waals surface area contributed by atoms with E-state index in [-0.39, 0.29) is 11.9 Å². The maximum absolute atomic E-state index is 11.4. The molecule has 0 saturated carbocycles. The van der Waals surface area contributed by atoms with Crippen LogP contribution in [0.15, 0.2) is 24.3 Å². The van der Waals surface area contributed by atoms with E-state index in [1.807, 2.05) is 38.1 Å².